The summed E-state index contributed by atoms with van der Waals surface area (Å²) in [5.74, 6) is 0.253. The molecular weight excluding hydrogens is 202 g/mol. The van der Waals surface area contributed by atoms with Crippen LogP contribution in [0, 0.1) is 0 Å². The highest BCUT2D eigenvalue weighted by Gasteiger charge is 2.13. The molecule has 1 aromatic rings. The van der Waals surface area contributed by atoms with Gasteiger partial charge in [0.15, 0.2) is 0 Å². The number of nitrogens with zero attached hydrogens (tertiary/aromatic N) is 1. The minimum absolute atomic E-state index is 0.0987. The second kappa shape index (κ2) is 5.05. The summed E-state index contributed by atoms with van der Waals surface area (Å²) < 4.78 is 31.1. The number of hydrogen-bond donors (Lipinski definition) is 0. The first-order chi connectivity index (χ1) is 6.64. The van der Waals surface area contributed by atoms with Gasteiger partial charge in [0.2, 0.25) is 5.88 Å². The zero-order valence-corrected chi connectivity index (χ0v) is 8.96. The molecule has 0 amide bonds. The number of furan rings is 1. The molecule has 1 radical (unpaired) electrons. The third-order valence-electron chi connectivity index (χ3n) is 1.74. The molecule has 5 heteroatoms. The highest BCUT2D eigenvalue weighted by atomic mass is 32.2. The number of hydrogen-bond acceptors (Lipinski definition) is 3. The zero-order chi connectivity index (χ0) is 10.4. The molecule has 1 aromatic heterocycles. The lowest BCUT2D eigenvalue weighted by molar-refractivity contribution is 0.546. The first-order valence-corrected chi connectivity index (χ1v) is 6.24. The lowest BCUT2D eigenvalue weighted by Gasteiger charge is -2.00. The SMILES string of the molecule is CCCCCS(=O)(=O)[N]c1ccco1. The Labute approximate surface area is 84.4 Å². The average molecular weight is 216 g/mol. The molecule has 0 saturated carbocycles. The van der Waals surface area contributed by atoms with Gasteiger partial charge in [-0.05, 0) is 12.5 Å². The van der Waals surface area contributed by atoms with E-state index in [-0.39, 0.29) is 11.6 Å². The Balaban J connectivity index is 2.42. The van der Waals surface area contributed by atoms with Gasteiger partial charge >= 0.3 is 0 Å². The van der Waals surface area contributed by atoms with Crippen molar-refractivity contribution in [2.75, 3.05) is 5.75 Å². The molecule has 0 aliphatic rings. The normalized spacial score (nSPS) is 11.5. The molecule has 0 aromatic carbocycles. The summed E-state index contributed by atoms with van der Waals surface area (Å²) in [5, 5.41) is 0. The van der Waals surface area contributed by atoms with Crippen molar-refractivity contribution in [2.24, 2.45) is 0 Å². The lowest BCUT2D eigenvalue weighted by atomic mass is 10.3. The fourth-order valence-electron chi connectivity index (χ4n) is 1.04. The molecule has 0 N–H and O–H groups in total. The van der Waals surface area contributed by atoms with Gasteiger partial charge in [-0.1, -0.05) is 19.8 Å². The van der Waals surface area contributed by atoms with Crippen molar-refractivity contribution in [3.8, 4) is 0 Å². The van der Waals surface area contributed by atoms with Gasteiger partial charge in [-0.15, -0.1) is 4.72 Å². The van der Waals surface area contributed by atoms with E-state index < -0.39 is 10.0 Å². The second-order valence-electron chi connectivity index (χ2n) is 3.04. The fraction of sp³-hybridized carbons (Fsp3) is 0.556. The van der Waals surface area contributed by atoms with Crippen LogP contribution < -0.4 is 4.72 Å². The van der Waals surface area contributed by atoms with Crippen molar-refractivity contribution in [3.63, 3.8) is 0 Å². The smallest absolute Gasteiger partial charge is 0.256 e. The van der Waals surface area contributed by atoms with Crippen molar-refractivity contribution in [2.45, 2.75) is 26.2 Å². The zero-order valence-electron chi connectivity index (χ0n) is 8.14. The molecule has 0 spiro atoms. The Hall–Kier alpha value is -0.970. The standard InChI is InChI=1S/C9H14NO3S/c1-2-3-4-8-14(11,12)10-9-6-5-7-13-9/h5-7H,2-4,8H2,1H3. The van der Waals surface area contributed by atoms with Crippen LogP contribution in [0.4, 0.5) is 5.88 Å². The molecular formula is C9H14NO3S. The Morgan fingerprint density at radius 2 is 2.21 bits per heavy atom. The summed E-state index contributed by atoms with van der Waals surface area (Å²) in [5.41, 5.74) is 0. The van der Waals surface area contributed by atoms with E-state index in [0.717, 1.165) is 12.8 Å². The Kier molecular flexibility index (Phi) is 4.00. The summed E-state index contributed by atoms with van der Waals surface area (Å²) in [6.07, 6.45) is 3.96. The Morgan fingerprint density at radius 1 is 1.43 bits per heavy atom. The van der Waals surface area contributed by atoms with Gasteiger partial charge in [-0.25, -0.2) is 8.42 Å². The van der Waals surface area contributed by atoms with Crippen LogP contribution in [0.3, 0.4) is 0 Å². The molecule has 0 saturated heterocycles. The van der Waals surface area contributed by atoms with E-state index in [1.807, 2.05) is 6.92 Å². The van der Waals surface area contributed by atoms with E-state index >= 15 is 0 Å². The van der Waals surface area contributed by atoms with Gasteiger partial charge in [-0.3, -0.25) is 0 Å². The minimum Gasteiger partial charge on any atom is -0.446 e. The van der Waals surface area contributed by atoms with Crippen molar-refractivity contribution in [1.29, 1.82) is 0 Å². The monoisotopic (exact) mass is 216 g/mol. The number of sulfonamides is 1. The van der Waals surface area contributed by atoms with E-state index in [9.17, 15) is 8.42 Å². The quantitative estimate of drug-likeness (QED) is 0.683. The van der Waals surface area contributed by atoms with Crippen LogP contribution in [-0.2, 0) is 10.0 Å². The number of rotatable bonds is 6. The first-order valence-electron chi connectivity index (χ1n) is 4.63. The maximum absolute atomic E-state index is 11.3. The lowest BCUT2D eigenvalue weighted by Crippen LogP contribution is -2.15. The van der Waals surface area contributed by atoms with Crippen LogP contribution in [0.15, 0.2) is 22.8 Å². The van der Waals surface area contributed by atoms with E-state index in [0.29, 0.717) is 6.42 Å². The summed E-state index contributed by atoms with van der Waals surface area (Å²) in [6.45, 7) is 2.02. The van der Waals surface area contributed by atoms with Crippen molar-refractivity contribution < 1.29 is 12.8 Å². The molecule has 0 fully saturated rings. The topological polar surface area (TPSA) is 61.4 Å². The van der Waals surface area contributed by atoms with E-state index in [1.165, 1.54) is 12.3 Å². The third kappa shape index (κ3) is 3.83. The highest BCUT2D eigenvalue weighted by Crippen LogP contribution is 2.10. The van der Waals surface area contributed by atoms with Gasteiger partial charge in [0.05, 0.1) is 12.0 Å². The molecule has 1 heterocycles. The largest absolute Gasteiger partial charge is 0.446 e. The molecule has 0 unspecified atom stereocenters. The molecule has 1 rings (SSSR count). The number of unbranched alkanes of at least 4 members (excludes halogenated alkanes) is 2. The predicted molar refractivity (Wildman–Crippen MR) is 53.8 cm³/mol. The van der Waals surface area contributed by atoms with Crippen LogP contribution >= 0.6 is 0 Å². The van der Waals surface area contributed by atoms with Crippen LogP contribution in [0.2, 0.25) is 0 Å². The summed E-state index contributed by atoms with van der Waals surface area (Å²) in [4.78, 5) is 0. The van der Waals surface area contributed by atoms with Gasteiger partial charge in [0, 0.05) is 6.07 Å². The van der Waals surface area contributed by atoms with Crippen molar-refractivity contribution in [1.82, 2.24) is 4.72 Å². The van der Waals surface area contributed by atoms with Crippen LogP contribution in [0.1, 0.15) is 26.2 Å². The second-order valence-corrected chi connectivity index (χ2v) is 4.79. The Bertz CT molecular complexity index is 342. The summed E-state index contributed by atoms with van der Waals surface area (Å²) in [6, 6.07) is 3.14. The maximum Gasteiger partial charge on any atom is 0.256 e. The summed E-state index contributed by atoms with van der Waals surface area (Å²) in [7, 11) is -3.35. The molecule has 0 aliphatic carbocycles. The van der Waals surface area contributed by atoms with Gasteiger partial charge in [-0.2, -0.15) is 0 Å². The molecule has 0 aliphatic heterocycles. The fourth-order valence-corrected chi connectivity index (χ4v) is 2.08. The van der Waals surface area contributed by atoms with Crippen molar-refractivity contribution in [3.05, 3.63) is 18.4 Å². The van der Waals surface area contributed by atoms with Gasteiger partial charge in [0.1, 0.15) is 0 Å². The summed E-state index contributed by atoms with van der Waals surface area (Å²) >= 11 is 0. The van der Waals surface area contributed by atoms with Crippen LogP contribution in [0.25, 0.3) is 0 Å². The maximum atomic E-state index is 11.3. The first kappa shape index (κ1) is 11.1. The predicted octanol–water partition coefficient (Wildman–Crippen LogP) is 2.04. The highest BCUT2D eigenvalue weighted by molar-refractivity contribution is 7.89. The molecule has 4 nitrogen and oxygen atoms in total. The molecule has 79 valence electrons. The van der Waals surface area contributed by atoms with E-state index in [4.69, 9.17) is 4.42 Å². The van der Waals surface area contributed by atoms with Gasteiger partial charge in [0.25, 0.3) is 10.0 Å². The molecule has 0 atom stereocenters. The Morgan fingerprint density at radius 3 is 2.79 bits per heavy atom. The minimum atomic E-state index is -3.35. The molecule has 14 heavy (non-hydrogen) atoms. The van der Waals surface area contributed by atoms with Crippen LogP contribution in [0.5, 0.6) is 0 Å². The van der Waals surface area contributed by atoms with E-state index in [1.54, 1.807) is 6.07 Å². The van der Waals surface area contributed by atoms with E-state index in [2.05, 4.69) is 4.72 Å². The average Bonchev–Trinajstić information content (AvgIpc) is 2.56. The van der Waals surface area contributed by atoms with Gasteiger partial charge < -0.3 is 4.42 Å². The van der Waals surface area contributed by atoms with Crippen LogP contribution in [-0.4, -0.2) is 14.2 Å². The molecule has 0 bridgehead atoms. The third-order valence-corrected chi connectivity index (χ3v) is 3.00. The van der Waals surface area contributed by atoms with Crippen molar-refractivity contribution >= 4 is 15.9 Å².